The highest BCUT2D eigenvalue weighted by Gasteiger charge is 2.21. The molecule has 0 atom stereocenters. The molecule has 4 aromatic rings. The maximum Gasteiger partial charge on any atom is 0.260 e. The Hall–Kier alpha value is -4.37. The highest BCUT2D eigenvalue weighted by atomic mass is 32.2. The molecular weight excluding hydrogens is 490 g/mol. The summed E-state index contributed by atoms with van der Waals surface area (Å²) < 4.78 is 36.5. The van der Waals surface area contributed by atoms with Crippen molar-refractivity contribution < 1.29 is 22.7 Å². The van der Waals surface area contributed by atoms with E-state index in [1.807, 2.05) is 42.5 Å². The van der Waals surface area contributed by atoms with Gasteiger partial charge in [-0.05, 0) is 64.4 Å². The van der Waals surface area contributed by atoms with E-state index in [2.05, 4.69) is 34.8 Å². The van der Waals surface area contributed by atoms with E-state index >= 15 is 0 Å². The van der Waals surface area contributed by atoms with Crippen molar-refractivity contribution in [2.45, 2.75) is 6.61 Å². The summed E-state index contributed by atoms with van der Waals surface area (Å²) in [6, 6.07) is 28.1. The Morgan fingerprint density at radius 1 is 0.919 bits per heavy atom. The number of carbonyl (C=O) groups excluding carboxylic acids is 1. The van der Waals surface area contributed by atoms with Crippen LogP contribution < -0.4 is 19.2 Å². The first-order valence-corrected chi connectivity index (χ1v) is 13.3. The summed E-state index contributed by atoms with van der Waals surface area (Å²) in [5.74, 6) is 0.602. The Morgan fingerprint density at radius 3 is 2.41 bits per heavy atom. The maximum atomic E-state index is 12.4. The molecule has 1 N–H and O–H groups in total. The molecule has 0 saturated carbocycles. The molecule has 0 spiro atoms. The molecule has 9 heteroatoms. The number of anilines is 1. The zero-order chi connectivity index (χ0) is 26.3. The van der Waals surface area contributed by atoms with E-state index in [4.69, 9.17) is 9.47 Å². The lowest BCUT2D eigenvalue weighted by atomic mass is 10.1. The van der Waals surface area contributed by atoms with Crippen LogP contribution in [0.25, 0.3) is 10.8 Å². The molecule has 0 fully saturated rings. The van der Waals surface area contributed by atoms with Gasteiger partial charge in [-0.15, -0.1) is 0 Å². The van der Waals surface area contributed by atoms with Gasteiger partial charge in [-0.2, -0.15) is 5.10 Å². The quantitative estimate of drug-likeness (QED) is 0.249. The lowest BCUT2D eigenvalue weighted by Crippen LogP contribution is -2.39. The average molecular weight is 518 g/mol. The third-order valence-corrected chi connectivity index (χ3v) is 6.67. The Morgan fingerprint density at radius 2 is 1.68 bits per heavy atom. The molecule has 0 aliphatic carbocycles. The zero-order valence-corrected chi connectivity index (χ0v) is 21.3. The minimum absolute atomic E-state index is 0.320. The minimum Gasteiger partial charge on any atom is -0.497 e. The molecular formula is C28H27N3O5S. The number of sulfonamides is 1. The summed E-state index contributed by atoms with van der Waals surface area (Å²) in [6.07, 6.45) is 2.51. The van der Waals surface area contributed by atoms with Crippen LogP contribution in [-0.4, -0.2) is 40.4 Å². The number of ether oxygens (including phenoxy) is 2. The summed E-state index contributed by atoms with van der Waals surface area (Å²) in [5.41, 5.74) is 4.50. The fourth-order valence-corrected chi connectivity index (χ4v) is 4.50. The normalized spacial score (nSPS) is 11.4. The number of hydrazone groups is 1. The van der Waals surface area contributed by atoms with E-state index in [0.29, 0.717) is 23.8 Å². The third kappa shape index (κ3) is 7.08. The standard InChI is InChI=1S/C28H27N3O5S/c1-35-27-9-5-8-25(17-27)31(37(2,33)34)19-28(32)30-29-18-21-11-14-26(15-12-21)36-20-22-10-13-23-6-3-4-7-24(23)16-22/h3-18H,19-20H2,1-2H3,(H,30,32)/b29-18-. The molecule has 0 aromatic heterocycles. The fraction of sp³-hybridized carbons (Fsp3) is 0.143. The van der Waals surface area contributed by atoms with E-state index in [1.54, 1.807) is 24.3 Å². The molecule has 190 valence electrons. The van der Waals surface area contributed by atoms with Crippen LogP contribution in [-0.2, 0) is 21.4 Å². The number of benzene rings is 4. The lowest BCUT2D eigenvalue weighted by Gasteiger charge is -2.21. The van der Waals surface area contributed by atoms with Crippen molar-refractivity contribution in [1.82, 2.24) is 5.43 Å². The summed E-state index contributed by atoms with van der Waals surface area (Å²) in [4.78, 5) is 12.4. The minimum atomic E-state index is -3.71. The summed E-state index contributed by atoms with van der Waals surface area (Å²) in [6.45, 7) is 0.0172. The van der Waals surface area contributed by atoms with Crippen molar-refractivity contribution in [2.75, 3.05) is 24.2 Å². The van der Waals surface area contributed by atoms with Gasteiger partial charge in [0, 0.05) is 6.07 Å². The van der Waals surface area contributed by atoms with Gasteiger partial charge >= 0.3 is 0 Å². The number of methoxy groups -OCH3 is 1. The average Bonchev–Trinajstić information content (AvgIpc) is 2.90. The second-order valence-corrected chi connectivity index (χ2v) is 10.2. The van der Waals surface area contributed by atoms with Crippen LogP contribution in [0.5, 0.6) is 11.5 Å². The molecule has 0 saturated heterocycles. The Labute approximate surface area is 216 Å². The van der Waals surface area contributed by atoms with Crippen molar-refractivity contribution in [3.05, 3.63) is 102 Å². The number of hydrogen-bond donors (Lipinski definition) is 1. The van der Waals surface area contributed by atoms with Gasteiger partial charge in [0.05, 0.1) is 25.3 Å². The molecule has 0 bridgehead atoms. The number of hydrogen-bond acceptors (Lipinski definition) is 6. The van der Waals surface area contributed by atoms with Crippen LogP contribution in [0.2, 0.25) is 0 Å². The number of amides is 1. The van der Waals surface area contributed by atoms with Gasteiger partial charge in [0.15, 0.2) is 0 Å². The van der Waals surface area contributed by atoms with E-state index in [-0.39, 0.29) is 0 Å². The van der Waals surface area contributed by atoms with E-state index in [1.165, 1.54) is 24.1 Å². The van der Waals surface area contributed by atoms with Gasteiger partial charge in [0.1, 0.15) is 24.7 Å². The van der Waals surface area contributed by atoms with Gasteiger partial charge in [0.2, 0.25) is 10.0 Å². The second kappa shape index (κ2) is 11.6. The Bertz CT molecular complexity index is 1520. The first-order chi connectivity index (χ1) is 17.8. The van der Waals surface area contributed by atoms with Crippen molar-refractivity contribution in [3.63, 3.8) is 0 Å². The number of rotatable bonds is 10. The Balaban J connectivity index is 1.31. The SMILES string of the molecule is COc1cccc(N(CC(=O)N/N=C\c2ccc(OCc3ccc4ccccc4c3)cc2)S(C)(=O)=O)c1. The van der Waals surface area contributed by atoms with Crippen LogP contribution in [0, 0.1) is 0 Å². The fourth-order valence-electron chi connectivity index (χ4n) is 3.66. The number of nitrogens with zero attached hydrogens (tertiary/aromatic N) is 2. The monoisotopic (exact) mass is 517 g/mol. The number of fused-ring (bicyclic) bond motifs is 1. The zero-order valence-electron chi connectivity index (χ0n) is 20.5. The summed E-state index contributed by atoms with van der Waals surface area (Å²) >= 11 is 0. The molecule has 8 nitrogen and oxygen atoms in total. The predicted octanol–water partition coefficient (Wildman–Crippen LogP) is 4.34. The molecule has 37 heavy (non-hydrogen) atoms. The van der Waals surface area contributed by atoms with E-state index < -0.39 is 22.5 Å². The van der Waals surface area contributed by atoms with Gasteiger partial charge in [-0.3, -0.25) is 9.10 Å². The molecule has 0 unspecified atom stereocenters. The molecule has 4 aromatic carbocycles. The van der Waals surface area contributed by atoms with Crippen molar-refractivity contribution in [1.29, 1.82) is 0 Å². The van der Waals surface area contributed by atoms with Gasteiger partial charge in [-0.25, -0.2) is 13.8 Å². The second-order valence-electron chi connectivity index (χ2n) is 8.30. The molecule has 0 aliphatic rings. The molecule has 0 heterocycles. The van der Waals surface area contributed by atoms with Crippen molar-refractivity contribution in [2.24, 2.45) is 5.10 Å². The van der Waals surface area contributed by atoms with E-state index in [9.17, 15) is 13.2 Å². The summed E-state index contributed by atoms with van der Waals surface area (Å²) in [5, 5.41) is 6.30. The van der Waals surface area contributed by atoms with Crippen LogP contribution in [0.1, 0.15) is 11.1 Å². The van der Waals surface area contributed by atoms with Crippen LogP contribution in [0.15, 0.2) is 96.1 Å². The number of nitrogens with one attached hydrogen (secondary N) is 1. The molecule has 0 radical (unpaired) electrons. The highest BCUT2D eigenvalue weighted by Crippen LogP contribution is 2.23. The van der Waals surface area contributed by atoms with Crippen LogP contribution in [0.3, 0.4) is 0 Å². The van der Waals surface area contributed by atoms with E-state index in [0.717, 1.165) is 21.7 Å². The predicted molar refractivity (Wildman–Crippen MR) is 146 cm³/mol. The number of carbonyl (C=O) groups is 1. The lowest BCUT2D eigenvalue weighted by molar-refractivity contribution is -0.119. The topological polar surface area (TPSA) is 97.3 Å². The van der Waals surface area contributed by atoms with Crippen LogP contribution >= 0.6 is 0 Å². The Kier molecular flexibility index (Phi) is 8.05. The first-order valence-electron chi connectivity index (χ1n) is 11.5. The van der Waals surface area contributed by atoms with Gasteiger partial charge in [0.25, 0.3) is 5.91 Å². The van der Waals surface area contributed by atoms with Crippen LogP contribution in [0.4, 0.5) is 5.69 Å². The molecule has 4 rings (SSSR count). The largest absolute Gasteiger partial charge is 0.497 e. The first kappa shape index (κ1) is 25.7. The van der Waals surface area contributed by atoms with Gasteiger partial charge in [-0.1, -0.05) is 42.5 Å². The molecule has 1 amide bonds. The molecule has 0 aliphatic heterocycles. The third-order valence-electron chi connectivity index (χ3n) is 5.53. The smallest absolute Gasteiger partial charge is 0.260 e. The van der Waals surface area contributed by atoms with Crippen molar-refractivity contribution in [3.8, 4) is 11.5 Å². The maximum absolute atomic E-state index is 12.4. The summed E-state index contributed by atoms with van der Waals surface area (Å²) in [7, 11) is -2.22. The highest BCUT2D eigenvalue weighted by molar-refractivity contribution is 7.92. The van der Waals surface area contributed by atoms with Crippen molar-refractivity contribution >= 4 is 38.6 Å². The van der Waals surface area contributed by atoms with Gasteiger partial charge < -0.3 is 9.47 Å².